The number of hydrogen-bond donors (Lipinski definition) is 0. The third kappa shape index (κ3) is 0.743. The van der Waals surface area contributed by atoms with Crippen LogP contribution in [-0.2, 0) is 0 Å². The number of rotatable bonds is 0. The summed E-state index contributed by atoms with van der Waals surface area (Å²) in [6, 6.07) is 0. The average molecular weight is 182 g/mol. The minimum absolute atomic E-state index is 1.41. The Balaban J connectivity index is 2.32. The first-order valence-corrected chi connectivity index (χ1v) is 3.08. The molecule has 0 bridgehead atoms. The van der Waals surface area contributed by atoms with Crippen molar-refractivity contribution in [3.63, 3.8) is 0 Å². The van der Waals surface area contributed by atoms with Crippen molar-refractivity contribution in [1.29, 1.82) is 0 Å². The second-order valence-electron chi connectivity index (χ2n) is 1.39. The summed E-state index contributed by atoms with van der Waals surface area (Å²) in [7, 11) is 0. The fourth-order valence-electron chi connectivity index (χ4n) is 0.321. The van der Waals surface area contributed by atoms with E-state index in [0.29, 0.717) is 0 Å². The Morgan fingerprint density at radius 3 is 1.80 bits per heavy atom. The summed E-state index contributed by atoms with van der Waals surface area (Å²) in [5.74, 6) is 0. The van der Waals surface area contributed by atoms with E-state index in [1.165, 1.54) is 19.3 Å². The summed E-state index contributed by atoms with van der Waals surface area (Å²) in [5, 5.41) is 0. The molecule has 1 aliphatic carbocycles. The van der Waals surface area contributed by atoms with Gasteiger partial charge in [0.15, 0.2) is 0 Å². The van der Waals surface area contributed by atoms with Crippen molar-refractivity contribution in [3.05, 3.63) is 0 Å². The molecule has 0 nitrogen and oxygen atoms in total. The van der Waals surface area contributed by atoms with Crippen molar-refractivity contribution in [3.8, 4) is 0 Å². The molecule has 0 atom stereocenters. The summed E-state index contributed by atoms with van der Waals surface area (Å²) < 4.78 is 1.70. The SMILES string of the molecule is [Te]=C1CCC1. The second kappa shape index (κ2) is 1.41. The van der Waals surface area contributed by atoms with Crippen LogP contribution in [-0.4, -0.2) is 25.4 Å². The van der Waals surface area contributed by atoms with Crippen molar-refractivity contribution < 1.29 is 0 Å². The predicted molar refractivity (Wildman–Crippen MR) is 24.6 cm³/mol. The van der Waals surface area contributed by atoms with Crippen LogP contribution in [0.3, 0.4) is 0 Å². The molecule has 5 heavy (non-hydrogen) atoms. The van der Waals surface area contributed by atoms with Gasteiger partial charge >= 0.3 is 44.6 Å². The van der Waals surface area contributed by atoms with Crippen LogP contribution in [0.1, 0.15) is 19.3 Å². The summed E-state index contributed by atoms with van der Waals surface area (Å²) >= 11 is 2.16. The van der Waals surface area contributed by atoms with E-state index < -0.39 is 0 Å². The van der Waals surface area contributed by atoms with Crippen LogP contribution in [0.25, 0.3) is 0 Å². The molecule has 0 aliphatic heterocycles. The van der Waals surface area contributed by atoms with Gasteiger partial charge in [-0.25, -0.2) is 0 Å². The molecule has 1 heteroatoms. The van der Waals surface area contributed by atoms with Gasteiger partial charge < -0.3 is 0 Å². The molecule has 1 fully saturated rings. The zero-order valence-electron chi connectivity index (χ0n) is 3.03. The maximum atomic E-state index is 2.16. The van der Waals surface area contributed by atoms with E-state index in [1.54, 1.807) is 3.55 Å². The molecular formula is C4H6Te. The predicted octanol–water partition coefficient (Wildman–Crippen LogP) is 0.511. The van der Waals surface area contributed by atoms with Gasteiger partial charge in [0, 0.05) is 0 Å². The molecule has 0 aromatic rings. The van der Waals surface area contributed by atoms with Crippen molar-refractivity contribution in [1.82, 2.24) is 0 Å². The van der Waals surface area contributed by atoms with E-state index in [4.69, 9.17) is 0 Å². The summed E-state index contributed by atoms with van der Waals surface area (Å²) in [5.41, 5.74) is 0. The standard InChI is InChI=1S/C4H6Te/c5-4-2-1-3-4/h1-3H2. The van der Waals surface area contributed by atoms with E-state index in [2.05, 4.69) is 21.8 Å². The molecule has 0 aromatic heterocycles. The normalized spacial score (nSPS) is 22.0. The van der Waals surface area contributed by atoms with E-state index in [0.717, 1.165) is 0 Å². The molecular weight excluding hydrogens is 176 g/mol. The van der Waals surface area contributed by atoms with E-state index in [1.807, 2.05) is 0 Å². The van der Waals surface area contributed by atoms with Crippen molar-refractivity contribution in [2.24, 2.45) is 0 Å². The van der Waals surface area contributed by atoms with Crippen molar-refractivity contribution >= 4 is 25.4 Å². The molecule has 1 rings (SSSR count). The Kier molecular flexibility index (Phi) is 1.08. The molecule has 0 spiro atoms. The Labute approximate surface area is 45.0 Å². The molecule has 0 radical (unpaired) electrons. The average Bonchev–Trinajstić information content (AvgIpc) is 1.30. The van der Waals surface area contributed by atoms with Gasteiger partial charge in [-0.15, -0.1) is 0 Å². The molecule has 28 valence electrons. The second-order valence-corrected chi connectivity index (χ2v) is 3.04. The molecule has 0 saturated heterocycles. The van der Waals surface area contributed by atoms with Gasteiger partial charge in [-0.05, 0) is 0 Å². The van der Waals surface area contributed by atoms with Crippen LogP contribution in [0.15, 0.2) is 0 Å². The molecule has 1 saturated carbocycles. The molecule has 0 unspecified atom stereocenters. The van der Waals surface area contributed by atoms with Gasteiger partial charge in [0.05, 0.1) is 0 Å². The fraction of sp³-hybridized carbons (Fsp3) is 0.750. The zero-order chi connectivity index (χ0) is 3.70. The van der Waals surface area contributed by atoms with Gasteiger partial charge in [-0.1, -0.05) is 0 Å². The van der Waals surface area contributed by atoms with Crippen molar-refractivity contribution in [2.45, 2.75) is 19.3 Å². The fourth-order valence-corrected chi connectivity index (χ4v) is 1.15. The third-order valence-electron chi connectivity index (χ3n) is 0.911. The van der Waals surface area contributed by atoms with Crippen LogP contribution >= 0.6 is 0 Å². The summed E-state index contributed by atoms with van der Waals surface area (Å²) in [6.07, 6.45) is 4.27. The van der Waals surface area contributed by atoms with Gasteiger partial charge in [-0.2, -0.15) is 0 Å². The Morgan fingerprint density at radius 2 is 1.80 bits per heavy atom. The van der Waals surface area contributed by atoms with Gasteiger partial charge in [0.2, 0.25) is 0 Å². The first-order chi connectivity index (χ1) is 2.39. The van der Waals surface area contributed by atoms with E-state index in [9.17, 15) is 0 Å². The van der Waals surface area contributed by atoms with E-state index >= 15 is 0 Å². The maximum absolute atomic E-state index is 2.16. The Morgan fingerprint density at radius 1 is 1.40 bits per heavy atom. The van der Waals surface area contributed by atoms with Crippen LogP contribution in [0, 0.1) is 0 Å². The van der Waals surface area contributed by atoms with Gasteiger partial charge in [0.1, 0.15) is 0 Å². The number of hydrogen-bond acceptors (Lipinski definition) is 0. The van der Waals surface area contributed by atoms with Crippen LogP contribution < -0.4 is 0 Å². The Hall–Kier alpha value is 0.660. The molecule has 0 N–H and O–H groups in total. The first-order valence-electron chi connectivity index (χ1n) is 1.91. The molecule has 0 amide bonds. The quantitative estimate of drug-likeness (QED) is 0.478. The van der Waals surface area contributed by atoms with E-state index in [-0.39, 0.29) is 0 Å². The first kappa shape index (κ1) is 3.84. The third-order valence-corrected chi connectivity index (χ3v) is 2.08. The van der Waals surface area contributed by atoms with Crippen LogP contribution in [0.2, 0.25) is 0 Å². The summed E-state index contributed by atoms with van der Waals surface area (Å²) in [4.78, 5) is 0. The molecule has 0 aromatic carbocycles. The minimum atomic E-state index is 1.41. The van der Waals surface area contributed by atoms with Crippen LogP contribution in [0.4, 0.5) is 0 Å². The molecule has 0 heterocycles. The van der Waals surface area contributed by atoms with Crippen molar-refractivity contribution in [2.75, 3.05) is 0 Å². The topological polar surface area (TPSA) is 0 Å². The van der Waals surface area contributed by atoms with Gasteiger partial charge in [0.25, 0.3) is 0 Å². The summed E-state index contributed by atoms with van der Waals surface area (Å²) in [6.45, 7) is 0. The monoisotopic (exact) mass is 184 g/mol. The van der Waals surface area contributed by atoms with Crippen LogP contribution in [0.5, 0.6) is 0 Å². The van der Waals surface area contributed by atoms with Gasteiger partial charge in [-0.3, -0.25) is 0 Å². The Bertz CT molecular complexity index is 50.7. The zero-order valence-corrected chi connectivity index (χ0v) is 5.36. The molecule has 1 aliphatic rings.